The van der Waals surface area contributed by atoms with Gasteiger partial charge in [-0.15, -0.1) is 0 Å². The number of para-hydroxylation sites is 1. The van der Waals surface area contributed by atoms with Crippen molar-refractivity contribution in [2.45, 2.75) is 17.9 Å². The zero-order valence-corrected chi connectivity index (χ0v) is 18.6. The summed E-state index contributed by atoms with van der Waals surface area (Å²) in [6.07, 6.45) is -1.34. The van der Waals surface area contributed by atoms with E-state index in [-0.39, 0.29) is 26.9 Å². The van der Waals surface area contributed by atoms with Crippen molar-refractivity contribution in [1.82, 2.24) is 0 Å². The maximum Gasteiger partial charge on any atom is 0.341 e. The molecule has 0 radical (unpaired) electrons. The van der Waals surface area contributed by atoms with E-state index in [4.69, 9.17) is 16.3 Å². The topological polar surface area (TPSA) is 102 Å². The van der Waals surface area contributed by atoms with Gasteiger partial charge in [0.05, 0.1) is 21.8 Å². The maximum absolute atomic E-state index is 13.9. The molecule has 7 nitrogen and oxygen atoms in total. The molecule has 0 aliphatic heterocycles. The molecule has 3 rings (SSSR count). The normalized spacial score (nSPS) is 12.0. The second-order valence-electron chi connectivity index (χ2n) is 6.77. The number of carbonyl (C=O) groups is 2. The highest BCUT2D eigenvalue weighted by molar-refractivity contribution is 7.92. The van der Waals surface area contributed by atoms with Crippen molar-refractivity contribution in [2.75, 3.05) is 10.0 Å². The largest absolute Gasteiger partial charge is 0.449 e. The molecule has 0 aliphatic carbocycles. The number of ether oxygens (including phenoxy) is 1. The summed E-state index contributed by atoms with van der Waals surface area (Å²) in [5.41, 5.74) is -0.427. The summed E-state index contributed by atoms with van der Waals surface area (Å²) in [6, 6.07) is 13.3. The van der Waals surface area contributed by atoms with E-state index in [9.17, 15) is 26.8 Å². The molecule has 0 saturated carbocycles. The molecule has 0 saturated heterocycles. The summed E-state index contributed by atoms with van der Waals surface area (Å²) in [5, 5.41) is 2.42. The van der Waals surface area contributed by atoms with Crippen LogP contribution in [-0.2, 0) is 19.6 Å². The van der Waals surface area contributed by atoms with Gasteiger partial charge in [-0.1, -0.05) is 23.7 Å². The predicted molar refractivity (Wildman–Crippen MR) is 119 cm³/mol. The number of esters is 1. The molecule has 1 atom stereocenters. The summed E-state index contributed by atoms with van der Waals surface area (Å²) >= 11 is 5.67. The van der Waals surface area contributed by atoms with Crippen molar-refractivity contribution in [3.05, 3.63) is 89.0 Å². The van der Waals surface area contributed by atoms with Gasteiger partial charge in [0.25, 0.3) is 15.9 Å². The fraction of sp³-hybridized carbons (Fsp3) is 0.0909. The lowest BCUT2D eigenvalue weighted by molar-refractivity contribution is -0.123. The molecule has 2 N–H and O–H groups in total. The summed E-state index contributed by atoms with van der Waals surface area (Å²) in [5.74, 6) is -3.18. The molecule has 0 aliphatic rings. The molecule has 33 heavy (non-hydrogen) atoms. The van der Waals surface area contributed by atoms with Gasteiger partial charge < -0.3 is 10.1 Å². The second kappa shape index (κ2) is 9.97. The number of nitrogens with one attached hydrogen (secondary N) is 2. The van der Waals surface area contributed by atoms with E-state index in [2.05, 4.69) is 10.0 Å². The smallest absolute Gasteiger partial charge is 0.341 e. The minimum atomic E-state index is -4.14. The first-order valence-electron chi connectivity index (χ1n) is 9.41. The first-order chi connectivity index (χ1) is 15.6. The van der Waals surface area contributed by atoms with Gasteiger partial charge in [-0.25, -0.2) is 22.0 Å². The number of carbonyl (C=O) groups excluding carboxylic acids is 2. The van der Waals surface area contributed by atoms with Gasteiger partial charge in [0, 0.05) is 5.02 Å². The van der Waals surface area contributed by atoms with E-state index in [1.807, 2.05) is 0 Å². The minimum absolute atomic E-state index is 0.108. The fourth-order valence-electron chi connectivity index (χ4n) is 2.67. The van der Waals surface area contributed by atoms with Crippen LogP contribution in [0.25, 0.3) is 0 Å². The first kappa shape index (κ1) is 24.1. The average Bonchev–Trinajstić information content (AvgIpc) is 2.76. The molecular formula is C22H17ClF2N2O5S. The van der Waals surface area contributed by atoms with Gasteiger partial charge >= 0.3 is 5.97 Å². The molecule has 0 heterocycles. The van der Waals surface area contributed by atoms with E-state index in [0.29, 0.717) is 0 Å². The van der Waals surface area contributed by atoms with Crippen LogP contribution in [0.1, 0.15) is 17.3 Å². The number of halogens is 3. The van der Waals surface area contributed by atoms with Crippen molar-refractivity contribution < 1.29 is 31.5 Å². The molecule has 0 spiro atoms. The van der Waals surface area contributed by atoms with Gasteiger partial charge in [0.2, 0.25) is 0 Å². The zero-order chi connectivity index (χ0) is 24.2. The van der Waals surface area contributed by atoms with Crippen LogP contribution in [0.2, 0.25) is 5.02 Å². The third kappa shape index (κ3) is 6.05. The molecule has 3 aromatic rings. The molecule has 1 amide bonds. The van der Waals surface area contributed by atoms with Crippen LogP contribution in [0.4, 0.5) is 20.2 Å². The van der Waals surface area contributed by atoms with Crippen LogP contribution in [0.3, 0.4) is 0 Å². The Morgan fingerprint density at radius 3 is 2.30 bits per heavy atom. The van der Waals surface area contributed by atoms with Crippen LogP contribution in [0, 0.1) is 11.6 Å². The zero-order valence-electron chi connectivity index (χ0n) is 17.0. The summed E-state index contributed by atoms with van der Waals surface area (Å²) in [4.78, 5) is 24.7. The second-order valence-corrected chi connectivity index (χ2v) is 8.88. The molecule has 0 bridgehead atoms. The van der Waals surface area contributed by atoms with Gasteiger partial charge in [-0.05, 0) is 61.5 Å². The molecule has 1 unspecified atom stereocenters. The first-order valence-corrected chi connectivity index (χ1v) is 11.3. The Morgan fingerprint density at radius 2 is 1.64 bits per heavy atom. The monoisotopic (exact) mass is 494 g/mol. The molecule has 0 fully saturated rings. The quantitative estimate of drug-likeness (QED) is 0.467. The number of benzene rings is 3. The van der Waals surface area contributed by atoms with Gasteiger partial charge in [-0.3, -0.25) is 9.52 Å². The lowest BCUT2D eigenvalue weighted by Gasteiger charge is -2.16. The van der Waals surface area contributed by atoms with Crippen molar-refractivity contribution in [1.29, 1.82) is 0 Å². The van der Waals surface area contributed by atoms with E-state index < -0.39 is 39.6 Å². The molecule has 3 aromatic carbocycles. The Morgan fingerprint density at radius 1 is 0.970 bits per heavy atom. The summed E-state index contributed by atoms with van der Waals surface area (Å²) < 4.78 is 59.5. The molecular weight excluding hydrogens is 478 g/mol. The lowest BCUT2D eigenvalue weighted by Crippen LogP contribution is -2.30. The Kier molecular flexibility index (Phi) is 7.29. The molecule has 172 valence electrons. The number of amides is 1. The van der Waals surface area contributed by atoms with E-state index >= 15 is 0 Å². The van der Waals surface area contributed by atoms with Crippen LogP contribution in [0.15, 0.2) is 71.6 Å². The Labute approximate surface area is 193 Å². The SMILES string of the molecule is CC(OC(=O)c1ccccc1NS(=O)(=O)c1ccc(F)cc1)C(=O)Nc1ccc(Cl)cc1F. The number of hydrogen-bond donors (Lipinski definition) is 2. The standard InChI is InChI=1S/C22H17ClF2N2O5S/c1-13(21(28)26-20-11-6-14(23)12-18(20)25)32-22(29)17-4-2-3-5-19(17)27-33(30,31)16-9-7-15(24)8-10-16/h2-13,27H,1H3,(H,26,28). The third-order valence-electron chi connectivity index (χ3n) is 4.36. The van der Waals surface area contributed by atoms with Gasteiger partial charge in [0.15, 0.2) is 6.10 Å². The predicted octanol–water partition coefficient (Wildman–Crippen LogP) is 4.60. The highest BCUT2D eigenvalue weighted by Gasteiger charge is 2.24. The van der Waals surface area contributed by atoms with Crippen molar-refractivity contribution in [3.8, 4) is 0 Å². The van der Waals surface area contributed by atoms with E-state index in [0.717, 1.165) is 30.3 Å². The number of anilines is 2. The Balaban J connectivity index is 1.74. The maximum atomic E-state index is 13.9. The average molecular weight is 495 g/mol. The van der Waals surface area contributed by atoms with Crippen LogP contribution in [0.5, 0.6) is 0 Å². The fourth-order valence-corrected chi connectivity index (χ4v) is 3.91. The lowest BCUT2D eigenvalue weighted by atomic mass is 10.2. The molecule has 11 heteroatoms. The van der Waals surface area contributed by atoms with Crippen molar-refractivity contribution >= 4 is 44.9 Å². The minimum Gasteiger partial charge on any atom is -0.449 e. The third-order valence-corrected chi connectivity index (χ3v) is 5.97. The highest BCUT2D eigenvalue weighted by Crippen LogP contribution is 2.23. The summed E-state index contributed by atoms with van der Waals surface area (Å²) in [6.45, 7) is 1.27. The van der Waals surface area contributed by atoms with E-state index in [1.165, 1.54) is 43.3 Å². The number of hydrogen-bond acceptors (Lipinski definition) is 5. The van der Waals surface area contributed by atoms with Crippen LogP contribution < -0.4 is 10.0 Å². The Hall–Kier alpha value is -3.50. The molecule has 0 aromatic heterocycles. The number of rotatable bonds is 7. The van der Waals surface area contributed by atoms with Crippen molar-refractivity contribution in [2.24, 2.45) is 0 Å². The van der Waals surface area contributed by atoms with E-state index in [1.54, 1.807) is 0 Å². The van der Waals surface area contributed by atoms with Crippen LogP contribution >= 0.6 is 11.6 Å². The Bertz CT molecular complexity index is 1300. The van der Waals surface area contributed by atoms with Crippen LogP contribution in [-0.4, -0.2) is 26.4 Å². The summed E-state index contributed by atoms with van der Waals surface area (Å²) in [7, 11) is -4.14. The number of sulfonamides is 1. The van der Waals surface area contributed by atoms with Gasteiger partial charge in [-0.2, -0.15) is 0 Å². The van der Waals surface area contributed by atoms with Gasteiger partial charge in [0.1, 0.15) is 11.6 Å². The van der Waals surface area contributed by atoms with Crippen molar-refractivity contribution in [3.63, 3.8) is 0 Å². The highest BCUT2D eigenvalue weighted by atomic mass is 35.5.